The number of aryl methyl sites for hydroxylation is 3. The van der Waals surface area contributed by atoms with Crippen molar-refractivity contribution >= 4 is 0 Å². The van der Waals surface area contributed by atoms with Crippen molar-refractivity contribution in [2.24, 2.45) is 0 Å². The van der Waals surface area contributed by atoms with Gasteiger partial charge in [0.15, 0.2) is 11.5 Å². The molecular formula is C30H41N3O4. The summed E-state index contributed by atoms with van der Waals surface area (Å²) in [5.74, 6) is 3.44. The molecule has 0 saturated carbocycles. The lowest BCUT2D eigenvalue weighted by atomic mass is 9.96. The second-order valence-electron chi connectivity index (χ2n) is 10.0. The smallest absolute Gasteiger partial charge is 0.161 e. The second kappa shape index (κ2) is 13.0. The molecule has 1 atom stereocenters. The maximum absolute atomic E-state index is 11.2. The van der Waals surface area contributed by atoms with Crippen molar-refractivity contribution in [3.8, 4) is 17.2 Å². The number of nitrogens with zero attached hydrogens (tertiary/aromatic N) is 3. The number of hydrogen-bond donors (Lipinski definition) is 1. The van der Waals surface area contributed by atoms with Crippen molar-refractivity contribution in [3.63, 3.8) is 0 Å². The number of hydrogen-bond acceptors (Lipinski definition) is 6. The van der Waals surface area contributed by atoms with Gasteiger partial charge in [-0.05, 0) is 69.0 Å². The van der Waals surface area contributed by atoms with Crippen LogP contribution >= 0.6 is 0 Å². The third-order valence-electron chi connectivity index (χ3n) is 7.09. The highest BCUT2D eigenvalue weighted by molar-refractivity contribution is 5.43. The van der Waals surface area contributed by atoms with Crippen LogP contribution in [0.4, 0.5) is 0 Å². The average Bonchev–Trinajstić information content (AvgIpc) is 3.29. The summed E-state index contributed by atoms with van der Waals surface area (Å²) in [5.41, 5.74) is 1.57. The Hall–Kier alpha value is -3.03. The molecule has 2 aromatic carbocycles. The van der Waals surface area contributed by atoms with E-state index in [2.05, 4.69) is 40.4 Å². The van der Waals surface area contributed by atoms with E-state index in [1.807, 2.05) is 42.7 Å². The van der Waals surface area contributed by atoms with Crippen LogP contribution in [0, 0.1) is 6.92 Å². The molecule has 7 heteroatoms. The van der Waals surface area contributed by atoms with Crippen LogP contribution in [0.1, 0.15) is 49.6 Å². The Kier molecular flexibility index (Phi) is 9.47. The van der Waals surface area contributed by atoms with Gasteiger partial charge in [0.1, 0.15) is 18.2 Å². The minimum absolute atomic E-state index is 0.323. The van der Waals surface area contributed by atoms with Crippen molar-refractivity contribution < 1.29 is 19.3 Å². The minimum atomic E-state index is -0.805. The summed E-state index contributed by atoms with van der Waals surface area (Å²) in [7, 11) is 1.68. The third kappa shape index (κ3) is 7.73. The van der Waals surface area contributed by atoms with E-state index in [-0.39, 0.29) is 0 Å². The number of likely N-dealkylation sites (tertiary alicyclic amines) is 1. The van der Waals surface area contributed by atoms with Gasteiger partial charge in [0.2, 0.25) is 0 Å². The van der Waals surface area contributed by atoms with Crippen LogP contribution in [0.2, 0.25) is 0 Å². The second-order valence-corrected chi connectivity index (χ2v) is 10.0. The lowest BCUT2D eigenvalue weighted by Gasteiger charge is -2.27. The molecular weight excluding hydrogens is 466 g/mol. The van der Waals surface area contributed by atoms with Crippen LogP contribution in [0.15, 0.2) is 54.9 Å². The molecule has 2 heterocycles. The molecule has 0 amide bonds. The predicted octanol–water partition coefficient (Wildman–Crippen LogP) is 5.03. The third-order valence-corrected chi connectivity index (χ3v) is 7.09. The van der Waals surface area contributed by atoms with E-state index in [4.69, 9.17) is 14.2 Å². The highest BCUT2D eigenvalue weighted by Gasteiger charge is 2.31. The molecule has 37 heavy (non-hydrogen) atoms. The Morgan fingerprint density at radius 3 is 2.65 bits per heavy atom. The number of aliphatic hydroxyl groups is 1. The number of imidazole rings is 1. The molecule has 4 rings (SSSR count). The largest absolute Gasteiger partial charge is 0.493 e. The molecule has 1 aliphatic rings. The molecule has 1 aliphatic heterocycles. The average molecular weight is 508 g/mol. The number of aromatic nitrogens is 2. The fourth-order valence-electron chi connectivity index (χ4n) is 4.85. The van der Waals surface area contributed by atoms with E-state index in [1.165, 1.54) is 11.1 Å². The standard InChI is InChI=1S/C30H41N3O4/c1-4-29-31-15-19-33(29)17-6-20-36-28-21-25(9-12-27(28)35-3)22-32-16-5-13-30(34,14-18-32)23-37-26-10-7-24(2)8-11-26/h7-12,15,19,21,34H,4-6,13-14,16-18,20,22-23H2,1-3H3. The van der Waals surface area contributed by atoms with E-state index < -0.39 is 5.60 Å². The van der Waals surface area contributed by atoms with Crippen molar-refractivity contribution in [2.75, 3.05) is 33.4 Å². The van der Waals surface area contributed by atoms with Gasteiger partial charge in [-0.3, -0.25) is 4.90 Å². The maximum Gasteiger partial charge on any atom is 0.161 e. The van der Waals surface area contributed by atoms with E-state index in [1.54, 1.807) is 7.11 Å². The minimum Gasteiger partial charge on any atom is -0.493 e. The Bertz CT molecular complexity index is 1110. The van der Waals surface area contributed by atoms with E-state index in [9.17, 15) is 5.11 Å². The van der Waals surface area contributed by atoms with Crippen LogP contribution in [0.25, 0.3) is 0 Å². The van der Waals surface area contributed by atoms with Crippen molar-refractivity contribution in [1.29, 1.82) is 0 Å². The number of benzene rings is 2. The van der Waals surface area contributed by atoms with Gasteiger partial charge in [0.05, 0.1) is 19.3 Å². The first-order valence-electron chi connectivity index (χ1n) is 13.4. The highest BCUT2D eigenvalue weighted by atomic mass is 16.5. The van der Waals surface area contributed by atoms with Gasteiger partial charge in [-0.15, -0.1) is 0 Å². The normalized spacial score (nSPS) is 18.4. The molecule has 0 spiro atoms. The molecule has 1 aromatic heterocycles. The van der Waals surface area contributed by atoms with Crippen LogP contribution in [-0.2, 0) is 19.5 Å². The van der Waals surface area contributed by atoms with E-state index in [0.717, 1.165) is 74.9 Å². The van der Waals surface area contributed by atoms with Gasteiger partial charge in [-0.2, -0.15) is 0 Å². The highest BCUT2D eigenvalue weighted by Crippen LogP contribution is 2.30. The molecule has 0 radical (unpaired) electrons. The molecule has 3 aromatic rings. The first-order chi connectivity index (χ1) is 18.0. The summed E-state index contributed by atoms with van der Waals surface area (Å²) in [5, 5.41) is 11.2. The van der Waals surface area contributed by atoms with Crippen LogP contribution in [0.5, 0.6) is 17.2 Å². The van der Waals surface area contributed by atoms with Gasteiger partial charge in [0.25, 0.3) is 0 Å². The fraction of sp³-hybridized carbons (Fsp3) is 0.500. The monoisotopic (exact) mass is 507 g/mol. The maximum atomic E-state index is 11.2. The van der Waals surface area contributed by atoms with Crippen LogP contribution in [0.3, 0.4) is 0 Å². The Morgan fingerprint density at radius 1 is 1.03 bits per heavy atom. The predicted molar refractivity (Wildman–Crippen MR) is 145 cm³/mol. The molecule has 7 nitrogen and oxygen atoms in total. The molecule has 0 aliphatic carbocycles. The molecule has 1 saturated heterocycles. The number of ether oxygens (including phenoxy) is 3. The Labute approximate surface area is 221 Å². The zero-order valence-electron chi connectivity index (χ0n) is 22.5. The Balaban J connectivity index is 1.28. The van der Waals surface area contributed by atoms with Gasteiger partial charge in [0, 0.05) is 38.4 Å². The lowest BCUT2D eigenvalue weighted by Crippen LogP contribution is -2.37. The van der Waals surface area contributed by atoms with E-state index >= 15 is 0 Å². The summed E-state index contributed by atoms with van der Waals surface area (Å²) in [6.07, 6.45) is 8.06. The van der Waals surface area contributed by atoms with Gasteiger partial charge in [-0.1, -0.05) is 30.7 Å². The van der Waals surface area contributed by atoms with Crippen molar-refractivity contribution in [1.82, 2.24) is 14.5 Å². The summed E-state index contributed by atoms with van der Waals surface area (Å²) in [6, 6.07) is 14.2. The summed E-state index contributed by atoms with van der Waals surface area (Å²) in [6.45, 7) is 8.57. The zero-order chi connectivity index (χ0) is 26.1. The lowest BCUT2D eigenvalue weighted by molar-refractivity contribution is -0.0168. The Morgan fingerprint density at radius 2 is 1.86 bits per heavy atom. The topological polar surface area (TPSA) is 69.0 Å². The van der Waals surface area contributed by atoms with Gasteiger partial charge < -0.3 is 23.9 Å². The first kappa shape index (κ1) is 27.0. The number of methoxy groups -OCH3 is 1. The van der Waals surface area contributed by atoms with Crippen molar-refractivity contribution in [2.45, 2.75) is 64.6 Å². The fourth-order valence-corrected chi connectivity index (χ4v) is 4.85. The molecule has 200 valence electrons. The van der Waals surface area contributed by atoms with E-state index in [0.29, 0.717) is 19.6 Å². The van der Waals surface area contributed by atoms with Gasteiger partial charge >= 0.3 is 0 Å². The SMILES string of the molecule is CCc1nccn1CCCOc1cc(CN2CCCC(O)(COc3ccc(C)cc3)CC2)ccc1OC. The number of rotatable bonds is 12. The molecule has 1 N–H and O–H groups in total. The molecule has 1 unspecified atom stereocenters. The van der Waals surface area contributed by atoms with Crippen LogP contribution < -0.4 is 14.2 Å². The molecule has 1 fully saturated rings. The quantitative estimate of drug-likeness (QED) is 0.347. The summed E-state index contributed by atoms with van der Waals surface area (Å²) < 4.78 is 19.8. The molecule has 0 bridgehead atoms. The zero-order valence-corrected chi connectivity index (χ0v) is 22.5. The summed E-state index contributed by atoms with van der Waals surface area (Å²) >= 11 is 0. The van der Waals surface area contributed by atoms with Crippen molar-refractivity contribution in [3.05, 3.63) is 71.8 Å². The van der Waals surface area contributed by atoms with Gasteiger partial charge in [-0.25, -0.2) is 4.98 Å². The summed E-state index contributed by atoms with van der Waals surface area (Å²) in [4.78, 5) is 6.79. The van der Waals surface area contributed by atoms with Crippen LogP contribution in [-0.4, -0.2) is 58.6 Å². The first-order valence-corrected chi connectivity index (χ1v) is 13.4.